The molecule has 4 heteroatoms. The van der Waals surface area contributed by atoms with Crippen molar-refractivity contribution in [1.29, 1.82) is 0 Å². The van der Waals surface area contributed by atoms with E-state index in [1.165, 1.54) is 20.9 Å². The van der Waals surface area contributed by atoms with Gasteiger partial charge in [0.1, 0.15) is 5.82 Å². The standard InChI is InChI=1S/C27H22N2S2/c1-2-5-27-28-23(19-8-12-21(13-9-19)25-6-3-16-30-25)18-24(29-27)20-10-14-22(15-11-20)26-7-4-17-31-26/h3-4,6-18H,2,5H2,1H3. The molecule has 0 saturated heterocycles. The number of thiophene rings is 2. The van der Waals surface area contributed by atoms with Crippen LogP contribution in [0.3, 0.4) is 0 Å². The third-order valence-corrected chi connectivity index (χ3v) is 7.06. The van der Waals surface area contributed by atoms with E-state index < -0.39 is 0 Å². The van der Waals surface area contributed by atoms with Gasteiger partial charge in [-0.15, -0.1) is 22.7 Å². The van der Waals surface area contributed by atoms with Crippen molar-refractivity contribution >= 4 is 22.7 Å². The molecule has 0 spiro atoms. The Kier molecular flexibility index (Phi) is 5.74. The van der Waals surface area contributed by atoms with Gasteiger partial charge in [-0.25, -0.2) is 9.97 Å². The van der Waals surface area contributed by atoms with E-state index in [4.69, 9.17) is 9.97 Å². The molecule has 3 heterocycles. The van der Waals surface area contributed by atoms with Crippen LogP contribution in [0.2, 0.25) is 0 Å². The Morgan fingerprint density at radius 2 is 1.06 bits per heavy atom. The van der Waals surface area contributed by atoms with E-state index in [9.17, 15) is 0 Å². The van der Waals surface area contributed by atoms with Gasteiger partial charge in [-0.05, 0) is 46.5 Å². The van der Waals surface area contributed by atoms with Crippen molar-refractivity contribution in [2.24, 2.45) is 0 Å². The molecular formula is C27H22N2S2. The molecule has 3 aromatic heterocycles. The molecule has 0 aliphatic carbocycles. The number of rotatable bonds is 6. The fourth-order valence-corrected chi connectivity index (χ4v) is 5.09. The zero-order valence-electron chi connectivity index (χ0n) is 17.3. The lowest BCUT2D eigenvalue weighted by Crippen LogP contribution is -1.99. The predicted molar refractivity (Wildman–Crippen MR) is 134 cm³/mol. The molecule has 0 unspecified atom stereocenters. The number of hydrogen-bond donors (Lipinski definition) is 0. The molecule has 5 rings (SSSR count). The van der Waals surface area contributed by atoms with E-state index in [0.29, 0.717) is 0 Å². The quantitative estimate of drug-likeness (QED) is 0.267. The lowest BCUT2D eigenvalue weighted by molar-refractivity contribution is 0.838. The highest BCUT2D eigenvalue weighted by Crippen LogP contribution is 2.30. The lowest BCUT2D eigenvalue weighted by atomic mass is 10.0. The normalized spacial score (nSPS) is 11.0. The van der Waals surface area contributed by atoms with Crippen LogP contribution in [-0.2, 0) is 6.42 Å². The molecule has 0 bridgehead atoms. The van der Waals surface area contributed by atoms with E-state index in [1.54, 1.807) is 22.7 Å². The number of aryl methyl sites for hydroxylation is 1. The zero-order valence-corrected chi connectivity index (χ0v) is 18.9. The third-order valence-electron chi connectivity index (χ3n) is 5.22. The number of benzene rings is 2. The molecule has 0 atom stereocenters. The molecule has 31 heavy (non-hydrogen) atoms. The van der Waals surface area contributed by atoms with Crippen molar-refractivity contribution in [2.75, 3.05) is 0 Å². The van der Waals surface area contributed by atoms with Gasteiger partial charge in [0, 0.05) is 27.3 Å². The number of nitrogens with zero attached hydrogens (tertiary/aromatic N) is 2. The summed E-state index contributed by atoms with van der Waals surface area (Å²) < 4.78 is 0. The fourth-order valence-electron chi connectivity index (χ4n) is 3.62. The summed E-state index contributed by atoms with van der Waals surface area (Å²) >= 11 is 3.52. The second kappa shape index (κ2) is 8.96. The summed E-state index contributed by atoms with van der Waals surface area (Å²) in [6.07, 6.45) is 1.90. The molecule has 152 valence electrons. The summed E-state index contributed by atoms with van der Waals surface area (Å²) in [5, 5.41) is 4.22. The monoisotopic (exact) mass is 438 g/mol. The van der Waals surface area contributed by atoms with Gasteiger partial charge < -0.3 is 0 Å². The van der Waals surface area contributed by atoms with Gasteiger partial charge in [0.05, 0.1) is 11.4 Å². The maximum absolute atomic E-state index is 4.86. The number of aromatic nitrogens is 2. The van der Waals surface area contributed by atoms with Crippen LogP contribution in [0.25, 0.3) is 43.4 Å². The molecule has 0 saturated carbocycles. The van der Waals surface area contributed by atoms with Gasteiger partial charge in [0.2, 0.25) is 0 Å². The van der Waals surface area contributed by atoms with Crippen molar-refractivity contribution in [2.45, 2.75) is 19.8 Å². The minimum Gasteiger partial charge on any atom is -0.233 e. The Bertz CT molecular complexity index is 1160. The van der Waals surface area contributed by atoms with Crippen LogP contribution in [0.15, 0.2) is 89.6 Å². The molecule has 5 aromatic rings. The number of hydrogen-bond acceptors (Lipinski definition) is 4. The molecular weight excluding hydrogens is 416 g/mol. The molecule has 0 aliphatic rings. The fraction of sp³-hybridized carbons (Fsp3) is 0.111. The zero-order chi connectivity index (χ0) is 21.0. The van der Waals surface area contributed by atoms with Gasteiger partial charge in [-0.2, -0.15) is 0 Å². The van der Waals surface area contributed by atoms with E-state index in [1.807, 2.05) is 0 Å². The summed E-state index contributed by atoms with van der Waals surface area (Å²) in [7, 11) is 0. The first-order chi connectivity index (χ1) is 15.3. The summed E-state index contributed by atoms with van der Waals surface area (Å²) in [6, 6.07) is 28.0. The first kappa shape index (κ1) is 19.9. The maximum Gasteiger partial charge on any atom is 0.129 e. The van der Waals surface area contributed by atoms with Gasteiger partial charge in [-0.3, -0.25) is 0 Å². The first-order valence-electron chi connectivity index (χ1n) is 10.5. The maximum atomic E-state index is 4.86. The molecule has 0 radical (unpaired) electrons. The van der Waals surface area contributed by atoms with Crippen LogP contribution in [0, 0.1) is 0 Å². The van der Waals surface area contributed by atoms with Crippen molar-refractivity contribution < 1.29 is 0 Å². The molecule has 0 fully saturated rings. The smallest absolute Gasteiger partial charge is 0.129 e. The molecule has 0 N–H and O–H groups in total. The van der Waals surface area contributed by atoms with Crippen LogP contribution >= 0.6 is 22.7 Å². The van der Waals surface area contributed by atoms with E-state index in [-0.39, 0.29) is 0 Å². The molecule has 2 aromatic carbocycles. The Morgan fingerprint density at radius 3 is 1.45 bits per heavy atom. The van der Waals surface area contributed by atoms with Crippen LogP contribution in [0.4, 0.5) is 0 Å². The van der Waals surface area contributed by atoms with Crippen LogP contribution in [-0.4, -0.2) is 9.97 Å². The van der Waals surface area contributed by atoms with Crippen molar-refractivity contribution in [3.63, 3.8) is 0 Å². The summed E-state index contributed by atoms with van der Waals surface area (Å²) in [6.45, 7) is 2.17. The summed E-state index contributed by atoms with van der Waals surface area (Å²) in [5.74, 6) is 0.902. The third kappa shape index (κ3) is 4.36. The van der Waals surface area contributed by atoms with E-state index >= 15 is 0 Å². The first-order valence-corrected chi connectivity index (χ1v) is 12.2. The average molecular weight is 439 g/mol. The highest BCUT2D eigenvalue weighted by molar-refractivity contribution is 7.13. The molecule has 0 aliphatic heterocycles. The van der Waals surface area contributed by atoms with E-state index in [2.05, 4.69) is 96.5 Å². The largest absolute Gasteiger partial charge is 0.233 e. The average Bonchev–Trinajstić information content (AvgIpc) is 3.54. The van der Waals surface area contributed by atoms with Crippen molar-refractivity contribution in [3.05, 3.63) is 95.4 Å². The Hall–Kier alpha value is -3.08. The SMILES string of the molecule is CCCc1nc(-c2ccc(-c3cccs3)cc2)cc(-c2ccc(-c3cccs3)cc2)n1. The highest BCUT2D eigenvalue weighted by Gasteiger charge is 2.10. The van der Waals surface area contributed by atoms with Crippen LogP contribution in [0.1, 0.15) is 19.2 Å². The van der Waals surface area contributed by atoms with Gasteiger partial charge in [-0.1, -0.05) is 67.6 Å². The summed E-state index contributed by atoms with van der Waals surface area (Å²) in [5.41, 5.74) is 6.69. The van der Waals surface area contributed by atoms with Gasteiger partial charge in [0.25, 0.3) is 0 Å². The minimum atomic E-state index is 0.876. The Morgan fingerprint density at radius 1 is 0.613 bits per heavy atom. The van der Waals surface area contributed by atoms with Crippen molar-refractivity contribution in [1.82, 2.24) is 9.97 Å². The predicted octanol–water partition coefficient (Wildman–Crippen LogP) is 8.22. The van der Waals surface area contributed by atoms with Crippen molar-refractivity contribution in [3.8, 4) is 43.4 Å². The van der Waals surface area contributed by atoms with Gasteiger partial charge >= 0.3 is 0 Å². The molecule has 2 nitrogen and oxygen atoms in total. The second-order valence-corrected chi connectivity index (χ2v) is 9.31. The van der Waals surface area contributed by atoms with Gasteiger partial charge in [0.15, 0.2) is 0 Å². The summed E-state index contributed by atoms with van der Waals surface area (Å²) in [4.78, 5) is 12.3. The topological polar surface area (TPSA) is 25.8 Å². The van der Waals surface area contributed by atoms with Crippen LogP contribution < -0.4 is 0 Å². The van der Waals surface area contributed by atoms with E-state index in [0.717, 1.165) is 41.2 Å². The second-order valence-electron chi connectivity index (χ2n) is 7.41. The Labute approximate surface area is 190 Å². The lowest BCUT2D eigenvalue weighted by Gasteiger charge is -2.10. The highest BCUT2D eigenvalue weighted by atomic mass is 32.1. The van der Waals surface area contributed by atoms with Crippen LogP contribution in [0.5, 0.6) is 0 Å². The Balaban J connectivity index is 1.50. The molecule has 0 amide bonds. The minimum absolute atomic E-state index is 0.876.